The first-order chi connectivity index (χ1) is 9.15. The third-order valence-electron chi connectivity index (χ3n) is 3.92. The van der Waals surface area contributed by atoms with Gasteiger partial charge in [0.05, 0.1) is 0 Å². The van der Waals surface area contributed by atoms with Gasteiger partial charge in [-0.3, -0.25) is 9.78 Å². The molecule has 19 heavy (non-hydrogen) atoms. The molecule has 0 aliphatic heterocycles. The summed E-state index contributed by atoms with van der Waals surface area (Å²) in [6, 6.07) is 5.72. The Morgan fingerprint density at radius 1 is 1.21 bits per heavy atom. The highest BCUT2D eigenvalue weighted by Gasteiger charge is 2.26. The molecule has 0 bridgehead atoms. The molecule has 0 spiro atoms. The molecule has 4 heteroatoms. The quantitative estimate of drug-likeness (QED) is 0.874. The van der Waals surface area contributed by atoms with Crippen molar-refractivity contribution >= 4 is 5.91 Å². The number of pyridine rings is 1. The third-order valence-corrected chi connectivity index (χ3v) is 3.92. The van der Waals surface area contributed by atoms with Gasteiger partial charge in [0.1, 0.15) is 0 Å². The number of hydrogen-bond acceptors (Lipinski definition) is 3. The smallest absolute Gasteiger partial charge is 0.220 e. The van der Waals surface area contributed by atoms with Crippen LogP contribution < -0.4 is 11.5 Å². The Morgan fingerprint density at radius 2 is 1.79 bits per heavy atom. The molecule has 0 radical (unpaired) electrons. The second-order valence-corrected chi connectivity index (χ2v) is 5.25. The lowest BCUT2D eigenvalue weighted by molar-refractivity contribution is -0.123. The average molecular weight is 263 g/mol. The van der Waals surface area contributed by atoms with Crippen molar-refractivity contribution in [3.8, 4) is 0 Å². The molecular formula is C15H25N3O. The third kappa shape index (κ3) is 5.83. The van der Waals surface area contributed by atoms with Crippen LogP contribution in [0.15, 0.2) is 30.6 Å². The minimum absolute atomic E-state index is 0.126. The fourth-order valence-electron chi connectivity index (χ4n) is 2.48. The summed E-state index contributed by atoms with van der Waals surface area (Å²) in [5.41, 5.74) is 10.9. The Kier molecular flexibility index (Phi) is 7.11. The van der Waals surface area contributed by atoms with E-state index in [9.17, 15) is 4.79 Å². The summed E-state index contributed by atoms with van der Waals surface area (Å²) in [6.45, 7) is 2.95. The molecule has 1 aliphatic carbocycles. The molecule has 4 nitrogen and oxygen atoms in total. The first-order valence-electron chi connectivity index (χ1n) is 6.99. The Balaban J connectivity index is 0.000000250. The molecule has 1 aliphatic rings. The summed E-state index contributed by atoms with van der Waals surface area (Å²) < 4.78 is 0. The number of rotatable bonds is 3. The van der Waals surface area contributed by atoms with E-state index in [1.807, 2.05) is 18.2 Å². The number of aromatic nitrogens is 1. The molecule has 1 fully saturated rings. The predicted octanol–water partition coefficient (Wildman–Crippen LogP) is 1.95. The van der Waals surface area contributed by atoms with Crippen molar-refractivity contribution in [3.05, 3.63) is 30.6 Å². The SMILES string of the molecule is CC(CN)C1CCC(C(N)=O)CC1.c1ccncc1. The first kappa shape index (κ1) is 15.6. The average Bonchev–Trinajstić information content (AvgIpc) is 2.49. The van der Waals surface area contributed by atoms with Crippen LogP contribution in [0.3, 0.4) is 0 Å². The minimum atomic E-state index is -0.126. The molecule has 106 valence electrons. The highest BCUT2D eigenvalue weighted by atomic mass is 16.1. The normalized spacial score (nSPS) is 23.9. The zero-order chi connectivity index (χ0) is 14.1. The minimum Gasteiger partial charge on any atom is -0.369 e. The van der Waals surface area contributed by atoms with Crippen molar-refractivity contribution in [1.82, 2.24) is 4.98 Å². The predicted molar refractivity (Wildman–Crippen MR) is 77.1 cm³/mol. The summed E-state index contributed by atoms with van der Waals surface area (Å²) in [6.07, 6.45) is 7.66. The maximum Gasteiger partial charge on any atom is 0.220 e. The van der Waals surface area contributed by atoms with E-state index in [4.69, 9.17) is 11.5 Å². The molecule has 1 heterocycles. The van der Waals surface area contributed by atoms with Crippen molar-refractivity contribution in [3.63, 3.8) is 0 Å². The monoisotopic (exact) mass is 263 g/mol. The number of primary amides is 1. The molecule has 1 atom stereocenters. The van der Waals surface area contributed by atoms with Gasteiger partial charge in [-0.15, -0.1) is 0 Å². The lowest BCUT2D eigenvalue weighted by atomic mass is 9.76. The standard InChI is InChI=1S/C10H20N2O.C5H5N/c1-7(6-11)8-2-4-9(5-3-8)10(12)13;1-2-4-6-5-3-1/h7-9H,2-6,11H2,1H3,(H2,12,13);1-5H. The van der Waals surface area contributed by atoms with E-state index < -0.39 is 0 Å². The second-order valence-electron chi connectivity index (χ2n) is 5.25. The van der Waals surface area contributed by atoms with E-state index in [1.165, 1.54) is 0 Å². The number of carbonyl (C=O) groups excluding carboxylic acids is 1. The van der Waals surface area contributed by atoms with E-state index in [0.29, 0.717) is 11.8 Å². The Morgan fingerprint density at radius 3 is 2.11 bits per heavy atom. The molecule has 1 saturated carbocycles. The van der Waals surface area contributed by atoms with Crippen LogP contribution in [-0.2, 0) is 4.79 Å². The van der Waals surface area contributed by atoms with Gasteiger partial charge in [0.15, 0.2) is 0 Å². The summed E-state index contributed by atoms with van der Waals surface area (Å²) >= 11 is 0. The maximum atomic E-state index is 10.9. The zero-order valence-electron chi connectivity index (χ0n) is 11.7. The van der Waals surface area contributed by atoms with Crippen molar-refractivity contribution in [1.29, 1.82) is 0 Å². The van der Waals surface area contributed by atoms with Gasteiger partial charge in [-0.25, -0.2) is 0 Å². The van der Waals surface area contributed by atoms with Crippen molar-refractivity contribution in [2.24, 2.45) is 29.2 Å². The summed E-state index contributed by atoms with van der Waals surface area (Å²) in [7, 11) is 0. The highest BCUT2D eigenvalue weighted by Crippen LogP contribution is 2.32. The zero-order valence-corrected chi connectivity index (χ0v) is 11.7. The summed E-state index contributed by atoms with van der Waals surface area (Å²) in [5.74, 6) is 1.30. The fourth-order valence-corrected chi connectivity index (χ4v) is 2.48. The lowest BCUT2D eigenvalue weighted by Gasteiger charge is -2.30. The molecule has 1 amide bonds. The van der Waals surface area contributed by atoms with Crippen LogP contribution in [0.1, 0.15) is 32.6 Å². The largest absolute Gasteiger partial charge is 0.369 e. The van der Waals surface area contributed by atoms with Crippen LogP contribution in [0.2, 0.25) is 0 Å². The van der Waals surface area contributed by atoms with Crippen LogP contribution in [0.5, 0.6) is 0 Å². The lowest BCUT2D eigenvalue weighted by Crippen LogP contribution is -2.31. The van der Waals surface area contributed by atoms with Gasteiger partial charge in [0.25, 0.3) is 0 Å². The van der Waals surface area contributed by atoms with E-state index in [2.05, 4.69) is 11.9 Å². The van der Waals surface area contributed by atoms with Crippen molar-refractivity contribution in [2.75, 3.05) is 6.54 Å². The van der Waals surface area contributed by atoms with Gasteiger partial charge >= 0.3 is 0 Å². The van der Waals surface area contributed by atoms with Gasteiger partial charge in [0.2, 0.25) is 5.91 Å². The number of amides is 1. The van der Waals surface area contributed by atoms with Crippen LogP contribution >= 0.6 is 0 Å². The van der Waals surface area contributed by atoms with E-state index >= 15 is 0 Å². The topological polar surface area (TPSA) is 82.0 Å². The Bertz CT molecular complexity index is 321. The second kappa shape index (κ2) is 8.64. The Hall–Kier alpha value is -1.42. The van der Waals surface area contributed by atoms with Crippen molar-refractivity contribution in [2.45, 2.75) is 32.6 Å². The Labute approximate surface area is 115 Å². The maximum absolute atomic E-state index is 10.9. The molecule has 0 saturated heterocycles. The molecule has 1 aromatic rings. The van der Waals surface area contributed by atoms with E-state index in [1.54, 1.807) is 12.4 Å². The number of hydrogen-bond donors (Lipinski definition) is 2. The molecule has 0 aromatic carbocycles. The first-order valence-corrected chi connectivity index (χ1v) is 6.99. The highest BCUT2D eigenvalue weighted by molar-refractivity contribution is 5.76. The van der Waals surface area contributed by atoms with Gasteiger partial charge in [-0.05, 0) is 56.2 Å². The fraction of sp³-hybridized carbons (Fsp3) is 0.600. The molecule has 2 rings (SSSR count). The van der Waals surface area contributed by atoms with Gasteiger partial charge < -0.3 is 11.5 Å². The number of nitrogens with two attached hydrogens (primary N) is 2. The van der Waals surface area contributed by atoms with Gasteiger partial charge in [-0.2, -0.15) is 0 Å². The van der Waals surface area contributed by atoms with Crippen LogP contribution in [-0.4, -0.2) is 17.4 Å². The van der Waals surface area contributed by atoms with E-state index in [-0.39, 0.29) is 11.8 Å². The summed E-state index contributed by atoms with van der Waals surface area (Å²) in [4.78, 5) is 14.7. The molecular weight excluding hydrogens is 238 g/mol. The molecule has 4 N–H and O–H groups in total. The number of carbonyl (C=O) groups is 1. The van der Waals surface area contributed by atoms with E-state index in [0.717, 1.165) is 32.2 Å². The summed E-state index contributed by atoms with van der Waals surface area (Å²) in [5, 5.41) is 0. The molecule has 1 unspecified atom stereocenters. The van der Waals surface area contributed by atoms with Crippen LogP contribution in [0, 0.1) is 17.8 Å². The van der Waals surface area contributed by atoms with Crippen LogP contribution in [0.25, 0.3) is 0 Å². The van der Waals surface area contributed by atoms with Crippen molar-refractivity contribution < 1.29 is 4.79 Å². The van der Waals surface area contributed by atoms with Gasteiger partial charge in [0, 0.05) is 18.3 Å². The number of nitrogens with zero attached hydrogens (tertiary/aromatic N) is 1. The van der Waals surface area contributed by atoms with Crippen LogP contribution in [0.4, 0.5) is 0 Å². The molecule has 1 aromatic heterocycles. The van der Waals surface area contributed by atoms with Gasteiger partial charge in [-0.1, -0.05) is 13.0 Å².